The first kappa shape index (κ1) is 25.7. The number of amides is 1. The number of carbonyl (C=O) groups is 1. The van der Waals surface area contributed by atoms with Gasteiger partial charge < -0.3 is 24.5 Å². The molecule has 1 aromatic heterocycles. The van der Waals surface area contributed by atoms with Gasteiger partial charge in [0.05, 0.1) is 5.56 Å². The van der Waals surface area contributed by atoms with Gasteiger partial charge in [-0.25, -0.2) is 0 Å². The largest absolute Gasteiger partial charge is 0.508 e. The highest BCUT2D eigenvalue weighted by molar-refractivity contribution is 5.99. The van der Waals surface area contributed by atoms with Crippen LogP contribution in [0.15, 0.2) is 40.9 Å². The van der Waals surface area contributed by atoms with Crippen LogP contribution >= 0.6 is 0 Å². The first-order valence-corrected chi connectivity index (χ1v) is 12.4. The number of aromatic hydroxyl groups is 2. The number of anilines is 1. The Morgan fingerprint density at radius 1 is 1.08 bits per heavy atom. The summed E-state index contributed by atoms with van der Waals surface area (Å²) in [5.74, 6) is 0.137. The number of phenols is 2. The summed E-state index contributed by atoms with van der Waals surface area (Å²) in [6.07, 6.45) is 1.74. The van der Waals surface area contributed by atoms with Crippen molar-refractivity contribution < 1.29 is 19.5 Å². The second-order valence-corrected chi connectivity index (χ2v) is 10.3. The number of hydrogen-bond donors (Lipinski definition) is 3. The fraction of sp³-hybridized carbons (Fsp3) is 0.429. The Hall–Kier alpha value is -3.36. The Labute approximate surface area is 212 Å². The van der Waals surface area contributed by atoms with E-state index in [1.807, 2.05) is 26.0 Å². The summed E-state index contributed by atoms with van der Waals surface area (Å²) in [5, 5.41) is 28.2. The summed E-state index contributed by atoms with van der Waals surface area (Å²) in [5.41, 5.74) is 4.13. The number of phenolic OH excluding ortho intramolecular Hbond substituents is 2. The molecule has 1 saturated carbocycles. The van der Waals surface area contributed by atoms with Gasteiger partial charge in [0, 0.05) is 37.2 Å². The monoisotopic (exact) mass is 492 g/mol. The highest BCUT2D eigenvalue weighted by Crippen LogP contribution is 2.44. The molecule has 1 aliphatic carbocycles. The maximum atomic E-state index is 12.6. The second kappa shape index (κ2) is 10.7. The third kappa shape index (κ3) is 5.88. The van der Waals surface area contributed by atoms with E-state index >= 15 is 0 Å². The van der Waals surface area contributed by atoms with E-state index in [1.54, 1.807) is 6.07 Å². The lowest BCUT2D eigenvalue weighted by molar-refractivity contribution is -0.117. The number of nitrogens with zero attached hydrogens (tertiary/aromatic N) is 3. The van der Waals surface area contributed by atoms with Gasteiger partial charge in [0.25, 0.3) is 0 Å². The van der Waals surface area contributed by atoms with Crippen LogP contribution < -0.4 is 5.32 Å². The molecule has 0 saturated heterocycles. The second-order valence-electron chi connectivity index (χ2n) is 10.3. The molecule has 2 aromatic carbocycles. The van der Waals surface area contributed by atoms with E-state index in [9.17, 15) is 15.0 Å². The quantitative estimate of drug-likeness (QED) is 0.370. The Kier molecular flexibility index (Phi) is 7.66. The van der Waals surface area contributed by atoms with Crippen molar-refractivity contribution >= 4 is 11.8 Å². The molecule has 192 valence electrons. The molecule has 0 bridgehead atoms. The summed E-state index contributed by atoms with van der Waals surface area (Å²) < 4.78 is 5.62. The normalized spacial score (nSPS) is 13.7. The van der Waals surface area contributed by atoms with E-state index < -0.39 is 0 Å². The summed E-state index contributed by atoms with van der Waals surface area (Å²) >= 11 is 0. The fourth-order valence-corrected chi connectivity index (χ4v) is 4.17. The third-order valence-electron chi connectivity index (χ3n) is 6.52. The van der Waals surface area contributed by atoms with Crippen molar-refractivity contribution in [3.63, 3.8) is 0 Å². The highest BCUT2D eigenvalue weighted by Gasteiger charge is 2.32. The molecular formula is C28H36N4O4. The van der Waals surface area contributed by atoms with Crippen molar-refractivity contribution in [2.75, 3.05) is 39.5 Å². The molecule has 1 heterocycles. The van der Waals surface area contributed by atoms with Crippen molar-refractivity contribution in [1.82, 2.24) is 15.0 Å². The van der Waals surface area contributed by atoms with Crippen molar-refractivity contribution in [3.05, 3.63) is 47.5 Å². The van der Waals surface area contributed by atoms with Gasteiger partial charge in [-0.2, -0.15) is 0 Å². The molecule has 1 aliphatic rings. The summed E-state index contributed by atoms with van der Waals surface area (Å²) in [6.45, 7) is 6.69. The predicted molar refractivity (Wildman–Crippen MR) is 141 cm³/mol. The van der Waals surface area contributed by atoms with Crippen molar-refractivity contribution in [2.45, 2.75) is 39.2 Å². The number of likely N-dealkylation sites (N-methyl/N-ethyl adjacent to an activating group) is 2. The summed E-state index contributed by atoms with van der Waals surface area (Å²) in [6, 6.07) is 11.1. The first-order chi connectivity index (χ1) is 17.1. The summed E-state index contributed by atoms with van der Waals surface area (Å²) in [7, 11) is 6.23. The van der Waals surface area contributed by atoms with E-state index in [0.29, 0.717) is 22.4 Å². The van der Waals surface area contributed by atoms with Gasteiger partial charge in [0.2, 0.25) is 11.8 Å². The van der Waals surface area contributed by atoms with Gasteiger partial charge in [-0.3, -0.25) is 10.1 Å². The topological polar surface area (TPSA) is 102 Å². The molecule has 3 N–H and O–H groups in total. The molecule has 0 unspecified atom stereocenters. The van der Waals surface area contributed by atoms with E-state index in [1.165, 1.54) is 6.07 Å². The molecule has 8 nitrogen and oxygen atoms in total. The Balaban J connectivity index is 1.70. The molecule has 36 heavy (non-hydrogen) atoms. The standard InChI is InChI=1S/C28H36N4O4/c1-17(2)21-14-22(24(34)15-23(21)33)26-25(28(36-30-26)29-27(35)20-10-11-20)19-8-6-18(7-9-19)16-32(5)13-12-31(3)4/h6-9,14-15,17,20,33-34H,10-13,16H2,1-5H3,(H,29,35). The number of hydrogen-bond acceptors (Lipinski definition) is 7. The lowest BCUT2D eigenvalue weighted by Crippen LogP contribution is -2.28. The first-order valence-electron chi connectivity index (χ1n) is 12.4. The molecule has 1 fully saturated rings. The van der Waals surface area contributed by atoms with Gasteiger partial charge >= 0.3 is 0 Å². The number of benzene rings is 2. The SMILES string of the molecule is CC(C)c1cc(-c2noc(NC(=O)C3CC3)c2-c2ccc(CN(C)CCN(C)C)cc2)c(O)cc1O. The molecule has 3 aromatic rings. The zero-order valence-electron chi connectivity index (χ0n) is 21.7. The fourth-order valence-electron chi connectivity index (χ4n) is 4.17. The van der Waals surface area contributed by atoms with Gasteiger partial charge in [-0.05, 0) is 62.7 Å². The number of rotatable bonds is 10. The lowest BCUT2D eigenvalue weighted by Gasteiger charge is -2.19. The van der Waals surface area contributed by atoms with E-state index in [2.05, 4.69) is 53.5 Å². The van der Waals surface area contributed by atoms with Crippen LogP contribution in [0.4, 0.5) is 5.88 Å². The molecule has 8 heteroatoms. The number of aromatic nitrogens is 1. The van der Waals surface area contributed by atoms with Crippen molar-refractivity contribution in [1.29, 1.82) is 0 Å². The van der Waals surface area contributed by atoms with Crippen molar-refractivity contribution in [2.24, 2.45) is 5.92 Å². The molecular weight excluding hydrogens is 456 g/mol. The Morgan fingerprint density at radius 2 is 1.78 bits per heavy atom. The summed E-state index contributed by atoms with van der Waals surface area (Å²) in [4.78, 5) is 17.0. The molecule has 0 aliphatic heterocycles. The van der Waals surface area contributed by atoms with E-state index in [-0.39, 0.29) is 35.1 Å². The molecule has 1 amide bonds. The molecule has 0 spiro atoms. The maximum absolute atomic E-state index is 12.6. The highest BCUT2D eigenvalue weighted by atomic mass is 16.5. The minimum Gasteiger partial charge on any atom is -0.508 e. The van der Waals surface area contributed by atoms with Crippen LogP contribution in [0.5, 0.6) is 11.5 Å². The van der Waals surface area contributed by atoms with Gasteiger partial charge in [0.1, 0.15) is 17.2 Å². The van der Waals surface area contributed by atoms with Crippen LogP contribution in [-0.2, 0) is 11.3 Å². The third-order valence-corrected chi connectivity index (χ3v) is 6.52. The van der Waals surface area contributed by atoms with Gasteiger partial charge in [-0.15, -0.1) is 0 Å². The Bertz CT molecular complexity index is 1210. The minimum atomic E-state index is -0.106. The molecule has 0 radical (unpaired) electrons. The smallest absolute Gasteiger partial charge is 0.239 e. The molecule has 4 rings (SSSR count). The Morgan fingerprint density at radius 3 is 2.39 bits per heavy atom. The average molecular weight is 493 g/mol. The maximum Gasteiger partial charge on any atom is 0.239 e. The number of carbonyl (C=O) groups excluding carboxylic acids is 1. The predicted octanol–water partition coefficient (Wildman–Crippen LogP) is 4.89. The minimum absolute atomic E-state index is 0.00102. The van der Waals surface area contributed by atoms with Crippen LogP contribution in [0.25, 0.3) is 22.4 Å². The van der Waals surface area contributed by atoms with Crippen LogP contribution in [0.2, 0.25) is 0 Å². The van der Waals surface area contributed by atoms with Crippen LogP contribution in [0.3, 0.4) is 0 Å². The number of nitrogens with one attached hydrogen (secondary N) is 1. The zero-order valence-corrected chi connectivity index (χ0v) is 21.7. The lowest BCUT2D eigenvalue weighted by atomic mass is 9.94. The van der Waals surface area contributed by atoms with Gasteiger partial charge in [0.15, 0.2) is 0 Å². The average Bonchev–Trinajstić information content (AvgIpc) is 3.60. The van der Waals surface area contributed by atoms with E-state index in [4.69, 9.17) is 4.52 Å². The van der Waals surface area contributed by atoms with Crippen molar-refractivity contribution in [3.8, 4) is 33.9 Å². The zero-order chi connectivity index (χ0) is 26.0. The van der Waals surface area contributed by atoms with Crippen LogP contribution in [0, 0.1) is 5.92 Å². The van der Waals surface area contributed by atoms with Crippen LogP contribution in [0.1, 0.15) is 43.7 Å². The van der Waals surface area contributed by atoms with Gasteiger partial charge in [-0.1, -0.05) is 43.3 Å². The molecule has 0 atom stereocenters. The van der Waals surface area contributed by atoms with E-state index in [0.717, 1.165) is 43.6 Å². The van der Waals surface area contributed by atoms with Crippen LogP contribution in [-0.4, -0.2) is 65.3 Å².